The number of aliphatic hydroxyl groups excluding tert-OH is 1. The molecule has 1 amide bonds. The van der Waals surface area contributed by atoms with Crippen molar-refractivity contribution in [1.82, 2.24) is 5.32 Å². The van der Waals surface area contributed by atoms with Gasteiger partial charge in [-0.05, 0) is 50.7 Å². The van der Waals surface area contributed by atoms with E-state index in [1.54, 1.807) is 12.1 Å². The molecule has 2 fully saturated rings. The van der Waals surface area contributed by atoms with E-state index in [2.05, 4.69) is 5.32 Å². The minimum Gasteiger partial charge on any atom is -0.456 e. The monoisotopic (exact) mass is 307 g/mol. The molecule has 5 nitrogen and oxygen atoms in total. The van der Waals surface area contributed by atoms with Crippen molar-refractivity contribution >= 4 is 5.91 Å². The van der Waals surface area contributed by atoms with Gasteiger partial charge in [-0.2, -0.15) is 0 Å². The van der Waals surface area contributed by atoms with Crippen molar-refractivity contribution in [2.24, 2.45) is 11.3 Å². The molecule has 3 rings (SSSR count). The van der Waals surface area contributed by atoms with Crippen LogP contribution in [-0.4, -0.2) is 36.9 Å². The number of carbonyl (C=O) groups is 1. The molecule has 2 N–H and O–H groups in total. The van der Waals surface area contributed by atoms with Crippen LogP contribution in [0.25, 0.3) is 0 Å². The molecule has 1 saturated carbocycles. The first-order valence-electron chi connectivity index (χ1n) is 8.20. The Morgan fingerprint density at radius 1 is 1.41 bits per heavy atom. The first-order valence-corrected chi connectivity index (χ1v) is 8.20. The lowest BCUT2D eigenvalue weighted by Gasteiger charge is -2.50. The van der Waals surface area contributed by atoms with Crippen LogP contribution in [0.2, 0.25) is 0 Å². The van der Waals surface area contributed by atoms with Crippen LogP contribution in [0.5, 0.6) is 0 Å². The molecule has 0 unspecified atom stereocenters. The highest BCUT2D eigenvalue weighted by Crippen LogP contribution is 2.47. The minimum absolute atomic E-state index is 0.00643. The van der Waals surface area contributed by atoms with Crippen LogP contribution in [0.1, 0.15) is 48.4 Å². The first kappa shape index (κ1) is 15.6. The molecule has 0 spiro atoms. The van der Waals surface area contributed by atoms with E-state index >= 15 is 0 Å². The Morgan fingerprint density at radius 3 is 2.64 bits per heavy atom. The van der Waals surface area contributed by atoms with Gasteiger partial charge < -0.3 is 19.6 Å². The van der Waals surface area contributed by atoms with Gasteiger partial charge in [-0.15, -0.1) is 0 Å². The van der Waals surface area contributed by atoms with Gasteiger partial charge in [0.15, 0.2) is 5.76 Å². The van der Waals surface area contributed by atoms with Crippen molar-refractivity contribution in [2.75, 3.05) is 19.8 Å². The predicted octanol–water partition coefficient (Wildman–Crippen LogP) is 2.28. The zero-order valence-corrected chi connectivity index (χ0v) is 13.1. The van der Waals surface area contributed by atoms with E-state index in [4.69, 9.17) is 9.15 Å². The fraction of sp³-hybridized carbons (Fsp3) is 0.706. The molecular weight excluding hydrogens is 282 g/mol. The second kappa shape index (κ2) is 6.42. The smallest absolute Gasteiger partial charge is 0.287 e. The second-order valence-corrected chi connectivity index (χ2v) is 6.69. The van der Waals surface area contributed by atoms with E-state index in [1.807, 2.05) is 6.92 Å². The summed E-state index contributed by atoms with van der Waals surface area (Å²) in [6.07, 6.45) is 4.94. The SMILES string of the molecule is Cc1ccc(C(=O)N[C@@H](C2CCOCC2)C2(CO)CCC2)o1. The average Bonchev–Trinajstić information content (AvgIpc) is 2.93. The molecule has 0 bridgehead atoms. The van der Waals surface area contributed by atoms with Crippen molar-refractivity contribution in [3.05, 3.63) is 23.7 Å². The molecule has 1 aromatic heterocycles. The van der Waals surface area contributed by atoms with Gasteiger partial charge in [-0.3, -0.25) is 4.79 Å². The Balaban J connectivity index is 1.77. The van der Waals surface area contributed by atoms with Gasteiger partial charge in [0.2, 0.25) is 0 Å². The summed E-state index contributed by atoms with van der Waals surface area (Å²) >= 11 is 0. The van der Waals surface area contributed by atoms with Crippen molar-refractivity contribution < 1.29 is 19.1 Å². The number of carbonyl (C=O) groups excluding carboxylic acids is 1. The highest BCUT2D eigenvalue weighted by atomic mass is 16.5. The number of ether oxygens (including phenoxy) is 1. The fourth-order valence-electron chi connectivity index (χ4n) is 3.79. The van der Waals surface area contributed by atoms with E-state index in [0.717, 1.165) is 51.1 Å². The van der Waals surface area contributed by atoms with Crippen molar-refractivity contribution in [3.8, 4) is 0 Å². The van der Waals surface area contributed by atoms with Crippen molar-refractivity contribution in [1.29, 1.82) is 0 Å². The molecule has 22 heavy (non-hydrogen) atoms. The van der Waals surface area contributed by atoms with Gasteiger partial charge in [0.05, 0.1) is 6.61 Å². The first-order chi connectivity index (χ1) is 10.6. The summed E-state index contributed by atoms with van der Waals surface area (Å²) in [6, 6.07) is 3.50. The Labute approximate surface area is 131 Å². The number of rotatable bonds is 5. The van der Waals surface area contributed by atoms with E-state index in [9.17, 15) is 9.90 Å². The molecule has 0 aromatic carbocycles. The van der Waals surface area contributed by atoms with Crippen LogP contribution in [0, 0.1) is 18.3 Å². The van der Waals surface area contributed by atoms with Crippen LogP contribution in [-0.2, 0) is 4.74 Å². The largest absolute Gasteiger partial charge is 0.456 e. The van der Waals surface area contributed by atoms with Crippen LogP contribution in [0.3, 0.4) is 0 Å². The van der Waals surface area contributed by atoms with Crippen LogP contribution < -0.4 is 5.32 Å². The maximum Gasteiger partial charge on any atom is 0.287 e. The van der Waals surface area contributed by atoms with Gasteiger partial charge in [-0.1, -0.05) is 6.42 Å². The molecule has 1 aliphatic heterocycles. The number of hydrogen-bond donors (Lipinski definition) is 2. The fourth-order valence-corrected chi connectivity index (χ4v) is 3.79. The highest BCUT2D eigenvalue weighted by Gasteiger charge is 2.47. The van der Waals surface area contributed by atoms with Crippen molar-refractivity contribution in [2.45, 2.75) is 45.1 Å². The molecule has 1 aliphatic carbocycles. The summed E-state index contributed by atoms with van der Waals surface area (Å²) in [7, 11) is 0. The predicted molar refractivity (Wildman–Crippen MR) is 81.6 cm³/mol. The molecule has 1 aromatic rings. The average molecular weight is 307 g/mol. The molecule has 1 atom stereocenters. The number of nitrogens with one attached hydrogen (secondary N) is 1. The molecular formula is C17H25NO4. The van der Waals surface area contributed by atoms with E-state index in [1.165, 1.54) is 0 Å². The molecule has 5 heteroatoms. The third-order valence-corrected chi connectivity index (χ3v) is 5.31. The third-order valence-electron chi connectivity index (χ3n) is 5.31. The Morgan fingerprint density at radius 2 is 2.14 bits per heavy atom. The maximum absolute atomic E-state index is 12.5. The Bertz CT molecular complexity index is 509. The van der Waals surface area contributed by atoms with Crippen molar-refractivity contribution in [3.63, 3.8) is 0 Å². The van der Waals surface area contributed by atoms with Crippen LogP contribution in [0.4, 0.5) is 0 Å². The Hall–Kier alpha value is -1.33. The lowest BCUT2D eigenvalue weighted by Crippen LogP contribution is -2.57. The number of aliphatic hydroxyl groups is 1. The summed E-state index contributed by atoms with van der Waals surface area (Å²) in [6.45, 7) is 3.43. The Kier molecular flexibility index (Phi) is 4.54. The summed E-state index contributed by atoms with van der Waals surface area (Å²) < 4.78 is 10.9. The van der Waals surface area contributed by atoms with E-state index in [-0.39, 0.29) is 24.0 Å². The standard InChI is InChI=1S/C17H25NO4/c1-12-3-4-14(22-12)16(20)18-15(13-5-9-21-10-6-13)17(11-19)7-2-8-17/h3-4,13,15,19H,2,5-11H2,1H3,(H,18,20)/t15-/m0/s1. The molecule has 1 saturated heterocycles. The maximum atomic E-state index is 12.5. The van der Waals surface area contributed by atoms with Gasteiger partial charge in [-0.25, -0.2) is 0 Å². The number of amides is 1. The van der Waals surface area contributed by atoms with Gasteiger partial charge in [0.1, 0.15) is 5.76 Å². The van der Waals surface area contributed by atoms with Gasteiger partial charge in [0.25, 0.3) is 5.91 Å². The van der Waals surface area contributed by atoms with Gasteiger partial charge in [0, 0.05) is 24.7 Å². The van der Waals surface area contributed by atoms with Crippen LogP contribution >= 0.6 is 0 Å². The topological polar surface area (TPSA) is 71.7 Å². The number of furan rings is 1. The normalized spacial score (nSPS) is 22.8. The highest BCUT2D eigenvalue weighted by molar-refractivity contribution is 5.91. The number of hydrogen-bond acceptors (Lipinski definition) is 4. The molecule has 2 heterocycles. The summed E-state index contributed by atoms with van der Waals surface area (Å²) in [5, 5.41) is 13.1. The zero-order valence-electron chi connectivity index (χ0n) is 13.1. The van der Waals surface area contributed by atoms with E-state index < -0.39 is 0 Å². The summed E-state index contributed by atoms with van der Waals surface area (Å²) in [5.41, 5.74) is -0.167. The summed E-state index contributed by atoms with van der Waals surface area (Å²) in [4.78, 5) is 12.5. The molecule has 0 radical (unpaired) electrons. The number of aryl methyl sites for hydroxylation is 1. The third kappa shape index (κ3) is 2.92. The molecule has 2 aliphatic rings. The quantitative estimate of drug-likeness (QED) is 0.875. The van der Waals surface area contributed by atoms with E-state index in [0.29, 0.717) is 11.7 Å². The summed E-state index contributed by atoms with van der Waals surface area (Å²) in [5.74, 6) is 1.26. The zero-order chi connectivity index (χ0) is 15.6. The lowest BCUT2D eigenvalue weighted by atomic mass is 9.60. The van der Waals surface area contributed by atoms with Gasteiger partial charge >= 0.3 is 0 Å². The second-order valence-electron chi connectivity index (χ2n) is 6.69. The molecule has 122 valence electrons. The van der Waals surface area contributed by atoms with Crippen LogP contribution in [0.15, 0.2) is 16.5 Å². The minimum atomic E-state index is -0.177. The lowest BCUT2D eigenvalue weighted by molar-refractivity contribution is -0.0381.